The summed E-state index contributed by atoms with van der Waals surface area (Å²) in [6, 6.07) is 11.6. The van der Waals surface area contributed by atoms with Crippen LogP contribution < -0.4 is 4.90 Å². The van der Waals surface area contributed by atoms with Gasteiger partial charge in [0, 0.05) is 36.4 Å². The quantitative estimate of drug-likeness (QED) is 0.602. The maximum absolute atomic E-state index is 13.0. The Bertz CT molecular complexity index is 1100. The molecular formula is C23H23N3O3S. The molecule has 5 rings (SSSR count). The second kappa shape index (κ2) is 8.07. The van der Waals surface area contributed by atoms with Crippen molar-refractivity contribution in [2.24, 2.45) is 0 Å². The van der Waals surface area contributed by atoms with Crippen LogP contribution in [0.3, 0.4) is 0 Å². The maximum atomic E-state index is 13.0. The van der Waals surface area contributed by atoms with Gasteiger partial charge in [0.1, 0.15) is 11.4 Å². The van der Waals surface area contributed by atoms with Crippen LogP contribution in [-0.2, 0) is 22.5 Å². The van der Waals surface area contributed by atoms with E-state index in [1.54, 1.807) is 16.2 Å². The summed E-state index contributed by atoms with van der Waals surface area (Å²) in [7, 11) is 0. The van der Waals surface area contributed by atoms with Crippen molar-refractivity contribution in [1.82, 2.24) is 9.88 Å². The highest BCUT2D eigenvalue weighted by Crippen LogP contribution is 2.28. The molecule has 6 nitrogen and oxygen atoms in total. The lowest BCUT2D eigenvalue weighted by Gasteiger charge is -2.27. The van der Waals surface area contributed by atoms with E-state index in [9.17, 15) is 9.59 Å². The second-order valence-corrected chi connectivity index (χ2v) is 8.76. The number of hydrogen-bond acceptors (Lipinski definition) is 6. The number of hydrogen-bond donors (Lipinski definition) is 0. The largest absolute Gasteiger partial charge is 0.452 e. The van der Waals surface area contributed by atoms with Gasteiger partial charge in [-0.3, -0.25) is 4.79 Å². The van der Waals surface area contributed by atoms with E-state index in [0.717, 1.165) is 43.3 Å². The monoisotopic (exact) mass is 421 g/mol. The van der Waals surface area contributed by atoms with Gasteiger partial charge in [0.05, 0.1) is 5.52 Å². The third kappa shape index (κ3) is 3.65. The highest BCUT2D eigenvalue weighted by Gasteiger charge is 2.26. The predicted octanol–water partition coefficient (Wildman–Crippen LogP) is 3.64. The highest BCUT2D eigenvalue weighted by atomic mass is 32.1. The van der Waals surface area contributed by atoms with Crippen LogP contribution in [0.5, 0.6) is 0 Å². The van der Waals surface area contributed by atoms with Crippen LogP contribution in [0.25, 0.3) is 10.9 Å². The Morgan fingerprint density at radius 3 is 2.80 bits per heavy atom. The number of aromatic nitrogens is 1. The first-order chi connectivity index (χ1) is 14.7. The molecule has 4 heterocycles. The van der Waals surface area contributed by atoms with Crippen LogP contribution in [0.2, 0.25) is 0 Å². The van der Waals surface area contributed by atoms with E-state index >= 15 is 0 Å². The van der Waals surface area contributed by atoms with E-state index in [0.29, 0.717) is 24.5 Å². The molecule has 0 N–H and O–H groups in total. The molecule has 0 radical (unpaired) electrons. The summed E-state index contributed by atoms with van der Waals surface area (Å²) in [5.41, 5.74) is 2.48. The minimum absolute atomic E-state index is 0.156. The Balaban J connectivity index is 1.33. The summed E-state index contributed by atoms with van der Waals surface area (Å²) in [5.74, 6) is 0.0120. The zero-order chi connectivity index (χ0) is 20.5. The number of ether oxygens (including phenoxy) is 1. The van der Waals surface area contributed by atoms with E-state index in [2.05, 4.69) is 16.3 Å². The van der Waals surface area contributed by atoms with E-state index in [1.165, 1.54) is 10.4 Å². The van der Waals surface area contributed by atoms with Gasteiger partial charge in [-0.25, -0.2) is 9.78 Å². The van der Waals surface area contributed by atoms with Crippen molar-refractivity contribution < 1.29 is 14.3 Å². The van der Waals surface area contributed by atoms with E-state index < -0.39 is 5.97 Å². The number of rotatable bonds is 4. The zero-order valence-electron chi connectivity index (χ0n) is 16.7. The molecule has 0 aliphatic carbocycles. The molecule has 1 amide bonds. The third-order valence-corrected chi connectivity index (χ3v) is 6.84. The number of anilines is 1. The fourth-order valence-electron chi connectivity index (χ4n) is 4.18. The molecule has 0 atom stereocenters. The van der Waals surface area contributed by atoms with E-state index in [1.807, 2.05) is 30.3 Å². The van der Waals surface area contributed by atoms with Crippen molar-refractivity contribution in [3.8, 4) is 0 Å². The number of amides is 1. The molecule has 1 aromatic carbocycles. The van der Waals surface area contributed by atoms with Crippen LogP contribution in [0, 0.1) is 0 Å². The average molecular weight is 422 g/mol. The van der Waals surface area contributed by atoms with Gasteiger partial charge in [-0.1, -0.05) is 18.2 Å². The molecule has 1 fully saturated rings. The normalized spacial score (nSPS) is 16.0. The smallest absolute Gasteiger partial charge is 0.342 e. The Morgan fingerprint density at radius 2 is 1.93 bits per heavy atom. The standard InChI is InChI=1S/C23H23N3O3S/c27-21(26-11-7-20-17(14-26)8-12-30-20)15-29-23(28)18-13-16-5-1-2-6-19(16)24-22(18)25-9-3-4-10-25/h1-2,5-6,8,12-13H,3-4,7,9-11,14-15H2. The minimum atomic E-state index is -0.489. The predicted molar refractivity (Wildman–Crippen MR) is 117 cm³/mol. The summed E-state index contributed by atoms with van der Waals surface area (Å²) in [5, 5.41) is 2.95. The first-order valence-electron chi connectivity index (χ1n) is 10.3. The van der Waals surface area contributed by atoms with Gasteiger partial charge in [0.25, 0.3) is 5.91 Å². The fraction of sp³-hybridized carbons (Fsp3) is 0.348. The van der Waals surface area contributed by atoms with Gasteiger partial charge < -0.3 is 14.5 Å². The maximum Gasteiger partial charge on any atom is 0.342 e. The Labute approximate surface area is 179 Å². The van der Waals surface area contributed by atoms with Gasteiger partial charge in [-0.15, -0.1) is 11.3 Å². The molecule has 0 bridgehead atoms. The first-order valence-corrected chi connectivity index (χ1v) is 11.2. The van der Waals surface area contributed by atoms with Gasteiger partial charge in [-0.2, -0.15) is 0 Å². The molecular weight excluding hydrogens is 398 g/mol. The topological polar surface area (TPSA) is 62.7 Å². The number of fused-ring (bicyclic) bond motifs is 2. The number of esters is 1. The van der Waals surface area contributed by atoms with Crippen LogP contribution in [0.15, 0.2) is 41.8 Å². The van der Waals surface area contributed by atoms with Crippen LogP contribution >= 0.6 is 11.3 Å². The van der Waals surface area contributed by atoms with Gasteiger partial charge in [0.2, 0.25) is 0 Å². The van der Waals surface area contributed by atoms with E-state index in [-0.39, 0.29) is 12.5 Å². The molecule has 2 aromatic heterocycles. The summed E-state index contributed by atoms with van der Waals surface area (Å²) in [6.45, 7) is 2.76. The van der Waals surface area contributed by atoms with Crippen LogP contribution in [-0.4, -0.2) is 48.0 Å². The van der Waals surface area contributed by atoms with Gasteiger partial charge in [-0.05, 0) is 48.4 Å². The summed E-state index contributed by atoms with van der Waals surface area (Å²) in [6.07, 6.45) is 3.03. The SMILES string of the molecule is O=C(OCC(=O)N1CCc2sccc2C1)c1cc2ccccc2nc1N1CCCC1. The molecule has 2 aliphatic rings. The van der Waals surface area contributed by atoms with Crippen molar-refractivity contribution in [2.75, 3.05) is 31.1 Å². The molecule has 7 heteroatoms. The number of pyridine rings is 1. The van der Waals surface area contributed by atoms with Crippen LogP contribution in [0.4, 0.5) is 5.82 Å². The van der Waals surface area contributed by atoms with Crippen molar-refractivity contribution in [1.29, 1.82) is 0 Å². The molecule has 2 aliphatic heterocycles. The lowest BCUT2D eigenvalue weighted by Crippen LogP contribution is -2.38. The molecule has 1 saturated heterocycles. The Kier molecular flexibility index (Phi) is 5.12. The zero-order valence-corrected chi connectivity index (χ0v) is 17.5. The highest BCUT2D eigenvalue weighted by molar-refractivity contribution is 7.10. The number of carbonyl (C=O) groups excluding carboxylic acids is 2. The van der Waals surface area contributed by atoms with Crippen LogP contribution in [0.1, 0.15) is 33.6 Å². The third-order valence-electron chi connectivity index (χ3n) is 5.82. The molecule has 0 unspecified atom stereocenters. The molecule has 3 aromatic rings. The van der Waals surface area contributed by atoms with Crippen molar-refractivity contribution >= 4 is 39.9 Å². The number of para-hydroxylation sites is 1. The number of carbonyl (C=O) groups is 2. The molecule has 0 spiro atoms. The van der Waals surface area contributed by atoms with E-state index in [4.69, 9.17) is 9.72 Å². The van der Waals surface area contributed by atoms with Crippen molar-refractivity contribution in [2.45, 2.75) is 25.8 Å². The van der Waals surface area contributed by atoms with Crippen molar-refractivity contribution in [3.63, 3.8) is 0 Å². The van der Waals surface area contributed by atoms with Gasteiger partial charge in [0.15, 0.2) is 6.61 Å². The lowest BCUT2D eigenvalue weighted by atomic mass is 10.1. The summed E-state index contributed by atoms with van der Waals surface area (Å²) in [4.78, 5) is 35.6. The Hall–Kier alpha value is -2.93. The summed E-state index contributed by atoms with van der Waals surface area (Å²) < 4.78 is 5.47. The fourth-order valence-corrected chi connectivity index (χ4v) is 5.07. The van der Waals surface area contributed by atoms with Crippen molar-refractivity contribution in [3.05, 3.63) is 57.8 Å². The number of benzene rings is 1. The molecule has 154 valence electrons. The Morgan fingerprint density at radius 1 is 1.10 bits per heavy atom. The first kappa shape index (κ1) is 19.1. The number of thiophene rings is 1. The summed E-state index contributed by atoms with van der Waals surface area (Å²) >= 11 is 1.73. The minimum Gasteiger partial charge on any atom is -0.452 e. The second-order valence-electron chi connectivity index (χ2n) is 7.76. The average Bonchev–Trinajstić information content (AvgIpc) is 3.47. The molecule has 30 heavy (non-hydrogen) atoms. The van der Waals surface area contributed by atoms with Gasteiger partial charge >= 0.3 is 5.97 Å². The number of nitrogens with zero attached hydrogens (tertiary/aromatic N) is 3. The molecule has 0 saturated carbocycles. The lowest BCUT2D eigenvalue weighted by molar-refractivity contribution is -0.135.